The van der Waals surface area contributed by atoms with Crippen LogP contribution in [0.25, 0.3) is 0 Å². The van der Waals surface area contributed by atoms with Gasteiger partial charge in [0.25, 0.3) is 0 Å². The highest BCUT2D eigenvalue weighted by molar-refractivity contribution is 9.10. The van der Waals surface area contributed by atoms with Gasteiger partial charge in [0.05, 0.1) is 5.92 Å². The summed E-state index contributed by atoms with van der Waals surface area (Å²) >= 11 is 3.31. The lowest BCUT2D eigenvalue weighted by molar-refractivity contribution is -0.139. The first-order valence-electron chi connectivity index (χ1n) is 5.65. The van der Waals surface area contributed by atoms with Crippen molar-refractivity contribution in [3.05, 3.63) is 34.1 Å². The van der Waals surface area contributed by atoms with E-state index in [0.717, 1.165) is 10.9 Å². The second-order valence-electron chi connectivity index (χ2n) is 4.76. The molecule has 1 saturated carbocycles. The van der Waals surface area contributed by atoms with Crippen LogP contribution in [0.3, 0.4) is 0 Å². The highest BCUT2D eigenvalue weighted by Gasteiger charge is 2.46. The van der Waals surface area contributed by atoms with Crippen molar-refractivity contribution in [2.75, 3.05) is 0 Å². The van der Waals surface area contributed by atoms with E-state index >= 15 is 0 Å². The molecular weight excluding hydrogens is 287 g/mol. The van der Waals surface area contributed by atoms with Crippen LogP contribution in [0.5, 0.6) is 0 Å². The van der Waals surface area contributed by atoms with Crippen molar-refractivity contribution in [3.8, 4) is 0 Å². The van der Waals surface area contributed by atoms with Gasteiger partial charge in [-0.05, 0) is 48.4 Å². The molecule has 0 radical (unpaired) electrons. The molecule has 0 heterocycles. The van der Waals surface area contributed by atoms with Crippen LogP contribution >= 0.6 is 15.9 Å². The summed E-state index contributed by atoms with van der Waals surface area (Å²) in [5.74, 6) is -0.755. The molecule has 0 spiro atoms. The Morgan fingerprint density at radius 2 is 2.35 bits per heavy atom. The molecule has 1 aromatic rings. The lowest BCUT2D eigenvalue weighted by Gasteiger charge is -2.11. The second-order valence-corrected chi connectivity index (χ2v) is 5.68. The van der Waals surface area contributed by atoms with Gasteiger partial charge in [0.15, 0.2) is 0 Å². The minimum absolute atomic E-state index is 0.200. The fourth-order valence-corrected chi connectivity index (χ4v) is 2.73. The van der Waals surface area contributed by atoms with Gasteiger partial charge in [0.2, 0.25) is 0 Å². The molecule has 2 rings (SSSR count). The fourth-order valence-electron chi connectivity index (χ4n) is 2.33. The standard InChI is InChI=1S/C13H14BrFO2/c1-7(10-6-11(10)13(16)17)4-8-5-9(14)2-3-12(8)15/h2-3,5,7,10-11H,4,6H2,1H3,(H,16,17). The molecule has 1 aliphatic carbocycles. The molecule has 0 aliphatic heterocycles. The normalized spacial score (nSPS) is 24.4. The maximum Gasteiger partial charge on any atom is 0.306 e. The van der Waals surface area contributed by atoms with E-state index in [0.29, 0.717) is 12.0 Å². The minimum atomic E-state index is -0.725. The summed E-state index contributed by atoms with van der Waals surface area (Å²) in [6.07, 6.45) is 1.33. The van der Waals surface area contributed by atoms with E-state index < -0.39 is 5.97 Å². The van der Waals surface area contributed by atoms with Crippen LogP contribution in [0.4, 0.5) is 4.39 Å². The van der Waals surface area contributed by atoms with Gasteiger partial charge < -0.3 is 5.11 Å². The smallest absolute Gasteiger partial charge is 0.306 e. The van der Waals surface area contributed by atoms with Crippen LogP contribution < -0.4 is 0 Å². The molecule has 1 fully saturated rings. The second kappa shape index (κ2) is 4.77. The third-order valence-corrected chi connectivity index (χ3v) is 3.93. The molecule has 92 valence electrons. The Balaban J connectivity index is 2.02. The van der Waals surface area contributed by atoms with E-state index in [1.807, 2.05) is 6.92 Å². The van der Waals surface area contributed by atoms with Gasteiger partial charge in [0, 0.05) is 4.47 Å². The number of carboxylic acid groups (broad SMARTS) is 1. The van der Waals surface area contributed by atoms with Crippen LogP contribution in [-0.4, -0.2) is 11.1 Å². The summed E-state index contributed by atoms with van der Waals surface area (Å²) in [6, 6.07) is 4.87. The summed E-state index contributed by atoms with van der Waals surface area (Å²) < 4.78 is 14.4. The van der Waals surface area contributed by atoms with Gasteiger partial charge in [-0.2, -0.15) is 0 Å². The number of carbonyl (C=O) groups is 1. The van der Waals surface area contributed by atoms with E-state index in [1.165, 1.54) is 6.07 Å². The van der Waals surface area contributed by atoms with Crippen molar-refractivity contribution in [3.63, 3.8) is 0 Å². The molecule has 3 unspecified atom stereocenters. The summed E-state index contributed by atoms with van der Waals surface area (Å²) in [5.41, 5.74) is 0.655. The predicted octanol–water partition coefficient (Wildman–Crippen LogP) is 3.49. The summed E-state index contributed by atoms with van der Waals surface area (Å²) in [5, 5.41) is 8.86. The quantitative estimate of drug-likeness (QED) is 0.924. The van der Waals surface area contributed by atoms with Crippen LogP contribution in [0.2, 0.25) is 0 Å². The first-order valence-corrected chi connectivity index (χ1v) is 6.45. The molecular formula is C13H14BrFO2. The molecule has 0 amide bonds. The number of carboxylic acids is 1. The highest BCUT2D eigenvalue weighted by atomic mass is 79.9. The van der Waals surface area contributed by atoms with Gasteiger partial charge >= 0.3 is 5.97 Å². The van der Waals surface area contributed by atoms with Crippen molar-refractivity contribution in [2.45, 2.75) is 19.8 Å². The zero-order valence-electron chi connectivity index (χ0n) is 9.49. The summed E-state index contributed by atoms with van der Waals surface area (Å²) in [7, 11) is 0. The van der Waals surface area contributed by atoms with Crippen LogP contribution in [-0.2, 0) is 11.2 Å². The SMILES string of the molecule is CC(Cc1cc(Br)ccc1F)C1CC1C(=O)O. The summed E-state index contributed by atoms with van der Waals surface area (Å²) in [6.45, 7) is 1.99. The van der Waals surface area contributed by atoms with Gasteiger partial charge in [-0.25, -0.2) is 4.39 Å². The van der Waals surface area contributed by atoms with Gasteiger partial charge in [-0.3, -0.25) is 4.79 Å². The Morgan fingerprint density at radius 3 is 2.94 bits per heavy atom. The Bertz CT molecular complexity index is 447. The Hall–Kier alpha value is -0.900. The van der Waals surface area contributed by atoms with Crippen LogP contribution in [0.1, 0.15) is 18.9 Å². The number of aliphatic carboxylic acids is 1. The molecule has 0 bridgehead atoms. The molecule has 1 aromatic carbocycles. The molecule has 3 atom stereocenters. The van der Waals surface area contributed by atoms with Crippen molar-refractivity contribution in [2.24, 2.45) is 17.8 Å². The Kier molecular flexibility index (Phi) is 3.52. The van der Waals surface area contributed by atoms with E-state index in [4.69, 9.17) is 5.11 Å². The van der Waals surface area contributed by atoms with Gasteiger partial charge in [-0.1, -0.05) is 22.9 Å². The highest BCUT2D eigenvalue weighted by Crippen LogP contribution is 2.45. The lowest BCUT2D eigenvalue weighted by atomic mass is 9.95. The third-order valence-electron chi connectivity index (χ3n) is 3.44. The predicted molar refractivity (Wildman–Crippen MR) is 66.2 cm³/mol. The van der Waals surface area contributed by atoms with E-state index in [-0.39, 0.29) is 23.6 Å². The van der Waals surface area contributed by atoms with Gasteiger partial charge in [-0.15, -0.1) is 0 Å². The number of halogens is 2. The lowest BCUT2D eigenvalue weighted by Crippen LogP contribution is -2.09. The number of benzene rings is 1. The molecule has 4 heteroatoms. The van der Waals surface area contributed by atoms with Crippen molar-refractivity contribution in [1.29, 1.82) is 0 Å². The molecule has 0 aromatic heterocycles. The first-order chi connectivity index (χ1) is 7.99. The molecule has 0 saturated heterocycles. The minimum Gasteiger partial charge on any atom is -0.481 e. The van der Waals surface area contributed by atoms with Crippen molar-refractivity contribution >= 4 is 21.9 Å². The molecule has 1 aliphatic rings. The average molecular weight is 301 g/mol. The maximum absolute atomic E-state index is 13.5. The maximum atomic E-state index is 13.5. The fraction of sp³-hybridized carbons (Fsp3) is 0.462. The number of rotatable bonds is 4. The summed E-state index contributed by atoms with van der Waals surface area (Å²) in [4.78, 5) is 10.8. The molecule has 2 nitrogen and oxygen atoms in total. The zero-order chi connectivity index (χ0) is 12.6. The van der Waals surface area contributed by atoms with E-state index in [9.17, 15) is 9.18 Å². The van der Waals surface area contributed by atoms with Gasteiger partial charge in [0.1, 0.15) is 5.82 Å². The first kappa shape index (κ1) is 12.6. The third kappa shape index (κ3) is 2.86. The number of hydrogen-bond acceptors (Lipinski definition) is 1. The van der Waals surface area contributed by atoms with E-state index in [2.05, 4.69) is 15.9 Å². The number of hydrogen-bond donors (Lipinski definition) is 1. The van der Waals surface area contributed by atoms with Crippen molar-refractivity contribution < 1.29 is 14.3 Å². The largest absolute Gasteiger partial charge is 0.481 e. The van der Waals surface area contributed by atoms with Crippen LogP contribution in [0, 0.1) is 23.6 Å². The Morgan fingerprint density at radius 1 is 1.65 bits per heavy atom. The Labute approximate surface area is 108 Å². The van der Waals surface area contributed by atoms with E-state index in [1.54, 1.807) is 12.1 Å². The monoisotopic (exact) mass is 300 g/mol. The average Bonchev–Trinajstić information content (AvgIpc) is 3.03. The zero-order valence-corrected chi connectivity index (χ0v) is 11.1. The van der Waals surface area contributed by atoms with Crippen LogP contribution in [0.15, 0.2) is 22.7 Å². The molecule has 17 heavy (non-hydrogen) atoms. The van der Waals surface area contributed by atoms with Crippen molar-refractivity contribution in [1.82, 2.24) is 0 Å². The topological polar surface area (TPSA) is 37.3 Å². The molecule has 1 N–H and O–H groups in total.